The number of ether oxygens (including phenoxy) is 1. The van der Waals surface area contributed by atoms with Gasteiger partial charge >= 0.3 is 0 Å². The van der Waals surface area contributed by atoms with E-state index >= 15 is 0 Å². The molecule has 2 aliphatic heterocycles. The van der Waals surface area contributed by atoms with Crippen LogP contribution in [0.5, 0.6) is 5.88 Å². The van der Waals surface area contributed by atoms with Gasteiger partial charge in [0.2, 0.25) is 5.88 Å². The number of anilines is 2. The van der Waals surface area contributed by atoms with Gasteiger partial charge in [-0.15, -0.1) is 0 Å². The molecule has 0 atom stereocenters. The SMILES string of the molecule is CN1CCC(Oc2cc(NC(=O)c3cccc(N4CCCC4)c3)ccn2)CC1. The predicted molar refractivity (Wildman–Crippen MR) is 111 cm³/mol. The van der Waals surface area contributed by atoms with Gasteiger partial charge in [0.05, 0.1) is 0 Å². The lowest BCUT2D eigenvalue weighted by atomic mass is 10.1. The number of amides is 1. The molecule has 1 amide bonds. The summed E-state index contributed by atoms with van der Waals surface area (Å²) in [6.45, 7) is 4.20. The second-order valence-electron chi connectivity index (χ2n) is 7.70. The molecule has 6 nitrogen and oxygen atoms in total. The zero-order valence-electron chi connectivity index (χ0n) is 16.4. The Balaban J connectivity index is 1.40. The number of aromatic nitrogens is 1. The van der Waals surface area contributed by atoms with Crippen LogP contribution in [0.25, 0.3) is 0 Å². The van der Waals surface area contributed by atoms with Crippen molar-refractivity contribution in [1.29, 1.82) is 0 Å². The third kappa shape index (κ3) is 4.62. The number of piperidine rings is 1. The Morgan fingerprint density at radius 2 is 1.89 bits per heavy atom. The van der Waals surface area contributed by atoms with Crippen LogP contribution in [0.2, 0.25) is 0 Å². The molecule has 1 aromatic heterocycles. The van der Waals surface area contributed by atoms with E-state index in [9.17, 15) is 4.79 Å². The van der Waals surface area contributed by atoms with E-state index in [1.54, 1.807) is 18.3 Å². The second-order valence-corrected chi connectivity index (χ2v) is 7.70. The molecule has 1 N–H and O–H groups in total. The van der Waals surface area contributed by atoms with Gasteiger partial charge in [0, 0.05) is 55.4 Å². The lowest BCUT2D eigenvalue weighted by Crippen LogP contribution is -2.35. The Morgan fingerprint density at radius 1 is 1.11 bits per heavy atom. The van der Waals surface area contributed by atoms with E-state index in [0.29, 0.717) is 17.1 Å². The molecule has 2 aromatic rings. The zero-order valence-corrected chi connectivity index (χ0v) is 16.4. The van der Waals surface area contributed by atoms with Gasteiger partial charge in [0.1, 0.15) is 6.10 Å². The van der Waals surface area contributed by atoms with E-state index in [1.165, 1.54) is 12.8 Å². The molecule has 2 aliphatic rings. The number of hydrogen-bond donors (Lipinski definition) is 1. The van der Waals surface area contributed by atoms with E-state index in [4.69, 9.17) is 4.74 Å². The van der Waals surface area contributed by atoms with Gasteiger partial charge < -0.3 is 19.9 Å². The summed E-state index contributed by atoms with van der Waals surface area (Å²) in [6.07, 6.45) is 6.30. The number of nitrogens with one attached hydrogen (secondary N) is 1. The molecule has 0 unspecified atom stereocenters. The molecular weight excluding hydrogens is 352 g/mol. The van der Waals surface area contributed by atoms with E-state index < -0.39 is 0 Å². The van der Waals surface area contributed by atoms with Crippen molar-refractivity contribution < 1.29 is 9.53 Å². The van der Waals surface area contributed by atoms with E-state index in [2.05, 4.69) is 33.2 Å². The Kier molecular flexibility index (Phi) is 5.76. The molecule has 3 heterocycles. The fraction of sp³-hybridized carbons (Fsp3) is 0.455. The first-order valence-electron chi connectivity index (χ1n) is 10.1. The molecule has 1 aromatic carbocycles. The summed E-state index contributed by atoms with van der Waals surface area (Å²) in [7, 11) is 2.13. The minimum atomic E-state index is -0.113. The van der Waals surface area contributed by atoms with Crippen LogP contribution in [0.4, 0.5) is 11.4 Å². The summed E-state index contributed by atoms with van der Waals surface area (Å²) in [6, 6.07) is 11.4. The smallest absolute Gasteiger partial charge is 0.255 e. The van der Waals surface area contributed by atoms with Gasteiger partial charge in [0.15, 0.2) is 0 Å². The van der Waals surface area contributed by atoms with Crippen molar-refractivity contribution in [3.05, 3.63) is 48.2 Å². The summed E-state index contributed by atoms with van der Waals surface area (Å²) in [5.74, 6) is 0.454. The number of likely N-dealkylation sites (tertiary alicyclic amines) is 1. The highest BCUT2D eigenvalue weighted by Crippen LogP contribution is 2.23. The summed E-state index contributed by atoms with van der Waals surface area (Å²) in [5, 5.41) is 2.98. The van der Waals surface area contributed by atoms with Crippen LogP contribution in [-0.2, 0) is 0 Å². The van der Waals surface area contributed by atoms with Crippen LogP contribution < -0.4 is 15.0 Å². The van der Waals surface area contributed by atoms with Gasteiger partial charge in [0.25, 0.3) is 5.91 Å². The van der Waals surface area contributed by atoms with Crippen LogP contribution in [-0.4, -0.2) is 55.1 Å². The molecule has 2 saturated heterocycles. The first-order chi connectivity index (χ1) is 13.7. The van der Waals surface area contributed by atoms with Gasteiger partial charge in [-0.25, -0.2) is 4.98 Å². The fourth-order valence-electron chi connectivity index (χ4n) is 3.85. The Hall–Kier alpha value is -2.60. The molecule has 6 heteroatoms. The van der Waals surface area contributed by atoms with Crippen molar-refractivity contribution in [2.45, 2.75) is 31.8 Å². The van der Waals surface area contributed by atoms with Crippen LogP contribution in [0, 0.1) is 0 Å². The highest BCUT2D eigenvalue weighted by molar-refractivity contribution is 6.04. The second kappa shape index (κ2) is 8.61. The van der Waals surface area contributed by atoms with E-state index in [-0.39, 0.29) is 12.0 Å². The van der Waals surface area contributed by atoms with Crippen LogP contribution in [0.3, 0.4) is 0 Å². The van der Waals surface area contributed by atoms with Crippen molar-refractivity contribution in [3.63, 3.8) is 0 Å². The molecule has 148 valence electrons. The lowest BCUT2D eigenvalue weighted by molar-refractivity contribution is 0.102. The average Bonchev–Trinajstić information content (AvgIpc) is 3.25. The largest absolute Gasteiger partial charge is 0.474 e. The minimum absolute atomic E-state index is 0.113. The quantitative estimate of drug-likeness (QED) is 0.861. The van der Waals surface area contributed by atoms with Gasteiger partial charge in [-0.1, -0.05) is 6.07 Å². The molecule has 0 spiro atoms. The molecule has 4 rings (SSSR count). The van der Waals surface area contributed by atoms with Crippen LogP contribution >= 0.6 is 0 Å². The summed E-state index contributed by atoms with van der Waals surface area (Å²) in [4.78, 5) is 21.7. The number of pyridine rings is 1. The maximum Gasteiger partial charge on any atom is 0.255 e. The van der Waals surface area contributed by atoms with Crippen molar-refractivity contribution in [2.24, 2.45) is 0 Å². The fourth-order valence-corrected chi connectivity index (χ4v) is 3.85. The molecule has 2 fully saturated rings. The van der Waals surface area contributed by atoms with Crippen molar-refractivity contribution in [2.75, 3.05) is 43.4 Å². The minimum Gasteiger partial charge on any atom is -0.474 e. The van der Waals surface area contributed by atoms with Gasteiger partial charge in [-0.2, -0.15) is 0 Å². The monoisotopic (exact) mass is 380 g/mol. The maximum absolute atomic E-state index is 12.7. The van der Waals surface area contributed by atoms with Gasteiger partial charge in [-0.3, -0.25) is 4.79 Å². The number of benzene rings is 1. The zero-order chi connectivity index (χ0) is 19.3. The number of hydrogen-bond acceptors (Lipinski definition) is 5. The van der Waals surface area contributed by atoms with Crippen molar-refractivity contribution in [3.8, 4) is 5.88 Å². The summed E-state index contributed by atoms with van der Waals surface area (Å²) in [5.41, 5.74) is 2.49. The summed E-state index contributed by atoms with van der Waals surface area (Å²) < 4.78 is 6.02. The highest BCUT2D eigenvalue weighted by atomic mass is 16.5. The first kappa shape index (κ1) is 18.7. The molecular formula is C22H28N4O2. The lowest BCUT2D eigenvalue weighted by Gasteiger charge is -2.28. The number of nitrogens with zero attached hydrogens (tertiary/aromatic N) is 3. The first-order valence-corrected chi connectivity index (χ1v) is 10.1. The van der Waals surface area contributed by atoms with Gasteiger partial charge in [-0.05, 0) is 57.0 Å². The Labute approximate surface area is 166 Å². The number of carbonyl (C=O) groups is 1. The van der Waals surface area contributed by atoms with Crippen LogP contribution in [0.15, 0.2) is 42.6 Å². The number of carbonyl (C=O) groups excluding carboxylic acids is 1. The third-order valence-corrected chi connectivity index (χ3v) is 5.53. The van der Waals surface area contributed by atoms with Crippen molar-refractivity contribution >= 4 is 17.3 Å². The van der Waals surface area contributed by atoms with E-state index in [0.717, 1.165) is 44.7 Å². The predicted octanol–water partition coefficient (Wildman–Crippen LogP) is 3.41. The third-order valence-electron chi connectivity index (χ3n) is 5.53. The topological polar surface area (TPSA) is 57.7 Å². The standard InChI is InChI=1S/C22H28N4O2/c1-25-13-8-20(9-14-25)28-21-16-18(7-10-23-21)24-22(27)17-5-4-6-19(15-17)26-11-2-3-12-26/h4-7,10,15-16,20H,2-3,8-9,11-14H2,1H3,(H,23,24,27). The number of rotatable bonds is 5. The summed E-state index contributed by atoms with van der Waals surface area (Å²) >= 11 is 0. The Morgan fingerprint density at radius 3 is 2.68 bits per heavy atom. The molecule has 0 saturated carbocycles. The van der Waals surface area contributed by atoms with E-state index in [1.807, 2.05) is 18.2 Å². The Bertz CT molecular complexity index is 812. The maximum atomic E-state index is 12.7. The molecule has 0 aliphatic carbocycles. The average molecular weight is 380 g/mol. The van der Waals surface area contributed by atoms with Crippen molar-refractivity contribution in [1.82, 2.24) is 9.88 Å². The molecule has 0 bridgehead atoms. The molecule has 28 heavy (non-hydrogen) atoms. The molecule has 0 radical (unpaired) electrons. The van der Waals surface area contributed by atoms with Crippen LogP contribution in [0.1, 0.15) is 36.0 Å². The normalized spacial score (nSPS) is 18.2. The highest BCUT2D eigenvalue weighted by Gasteiger charge is 2.19.